The number of hydrogen-bond donors (Lipinski definition) is 1. The summed E-state index contributed by atoms with van der Waals surface area (Å²) < 4.78 is 6.13. The second-order valence-electron chi connectivity index (χ2n) is 9.35. The van der Waals surface area contributed by atoms with Crippen LogP contribution in [0.3, 0.4) is 0 Å². The maximum atomic E-state index is 13.6. The van der Waals surface area contributed by atoms with Gasteiger partial charge in [-0.15, -0.1) is 0 Å². The van der Waals surface area contributed by atoms with Gasteiger partial charge < -0.3 is 15.0 Å². The normalized spacial score (nSPS) is 19.1. The van der Waals surface area contributed by atoms with Gasteiger partial charge in [0, 0.05) is 19.0 Å². The number of amides is 2. The number of ether oxygens (including phenoxy) is 1. The number of rotatable bonds is 7. The fourth-order valence-corrected chi connectivity index (χ4v) is 5.19. The van der Waals surface area contributed by atoms with E-state index in [0.29, 0.717) is 18.7 Å². The summed E-state index contributed by atoms with van der Waals surface area (Å²) >= 11 is 0. The Kier molecular flexibility index (Phi) is 7.36. The van der Waals surface area contributed by atoms with Gasteiger partial charge in [0.25, 0.3) is 5.91 Å². The number of carbonyl (C=O) groups is 2. The highest BCUT2D eigenvalue weighted by molar-refractivity contribution is 5.81. The highest BCUT2D eigenvalue weighted by Gasteiger charge is 2.36. The quantitative estimate of drug-likeness (QED) is 0.652. The SMILES string of the molecule is CCNC(=O)[C@H](CC)Oc1ccc2c(c1)[C@@H](c1ccc(C)cc1)N(C(=O)C1CCCC1)CC2. The van der Waals surface area contributed by atoms with E-state index in [1.807, 2.05) is 19.9 Å². The minimum Gasteiger partial charge on any atom is -0.481 e. The van der Waals surface area contributed by atoms with Crippen molar-refractivity contribution in [2.24, 2.45) is 5.92 Å². The monoisotopic (exact) mass is 448 g/mol. The number of aryl methyl sites for hydroxylation is 1. The van der Waals surface area contributed by atoms with Crippen molar-refractivity contribution in [2.75, 3.05) is 13.1 Å². The molecular formula is C28H36N2O3. The summed E-state index contributed by atoms with van der Waals surface area (Å²) in [4.78, 5) is 28.0. The Morgan fingerprint density at radius 2 is 1.82 bits per heavy atom. The van der Waals surface area contributed by atoms with E-state index in [2.05, 4.69) is 53.5 Å². The number of benzene rings is 2. The predicted octanol–water partition coefficient (Wildman–Crippen LogP) is 4.95. The molecule has 0 unspecified atom stereocenters. The standard InChI is InChI=1S/C28H36N2O3/c1-4-25(27(31)29-5-2)33-23-15-14-20-16-17-30(28(32)22-8-6-7-9-22)26(24(20)18-23)21-12-10-19(3)11-13-21/h10-15,18,22,25-26H,4-9,16-17H2,1-3H3,(H,29,31)/t25-,26+/m0/s1. The number of fused-ring (bicyclic) bond motifs is 1. The molecule has 5 heteroatoms. The first-order chi connectivity index (χ1) is 16.0. The first-order valence-electron chi connectivity index (χ1n) is 12.5. The largest absolute Gasteiger partial charge is 0.481 e. The third kappa shape index (κ3) is 5.07. The van der Waals surface area contributed by atoms with Crippen LogP contribution >= 0.6 is 0 Å². The molecule has 2 atom stereocenters. The summed E-state index contributed by atoms with van der Waals surface area (Å²) in [5, 5.41) is 2.86. The van der Waals surface area contributed by atoms with Gasteiger partial charge >= 0.3 is 0 Å². The van der Waals surface area contributed by atoms with Crippen molar-refractivity contribution in [3.05, 3.63) is 64.7 Å². The lowest BCUT2D eigenvalue weighted by molar-refractivity contribution is -0.137. The van der Waals surface area contributed by atoms with Gasteiger partial charge in [-0.25, -0.2) is 0 Å². The molecular weight excluding hydrogens is 412 g/mol. The second-order valence-corrected chi connectivity index (χ2v) is 9.35. The van der Waals surface area contributed by atoms with E-state index >= 15 is 0 Å². The minimum atomic E-state index is -0.527. The maximum Gasteiger partial charge on any atom is 0.261 e. The van der Waals surface area contributed by atoms with E-state index in [9.17, 15) is 9.59 Å². The van der Waals surface area contributed by atoms with Crippen molar-refractivity contribution in [3.63, 3.8) is 0 Å². The molecule has 5 nitrogen and oxygen atoms in total. The molecule has 2 aromatic rings. The fraction of sp³-hybridized carbons (Fsp3) is 0.500. The smallest absolute Gasteiger partial charge is 0.261 e. The maximum absolute atomic E-state index is 13.6. The van der Waals surface area contributed by atoms with Gasteiger partial charge in [-0.2, -0.15) is 0 Å². The highest BCUT2D eigenvalue weighted by Crippen LogP contribution is 2.40. The second kappa shape index (κ2) is 10.4. The van der Waals surface area contributed by atoms with E-state index in [4.69, 9.17) is 4.74 Å². The summed E-state index contributed by atoms with van der Waals surface area (Å²) in [6, 6.07) is 14.5. The molecule has 4 rings (SSSR count). The van der Waals surface area contributed by atoms with Gasteiger partial charge in [-0.1, -0.05) is 55.7 Å². The fourth-order valence-electron chi connectivity index (χ4n) is 5.19. The zero-order valence-corrected chi connectivity index (χ0v) is 20.1. The number of carbonyl (C=O) groups excluding carboxylic acids is 2. The van der Waals surface area contributed by atoms with Gasteiger partial charge in [0.15, 0.2) is 6.10 Å². The van der Waals surface area contributed by atoms with Gasteiger partial charge in [0.1, 0.15) is 5.75 Å². The van der Waals surface area contributed by atoms with Crippen molar-refractivity contribution in [2.45, 2.75) is 71.4 Å². The van der Waals surface area contributed by atoms with Crippen molar-refractivity contribution < 1.29 is 14.3 Å². The number of hydrogen-bond acceptors (Lipinski definition) is 3. The Morgan fingerprint density at radius 3 is 2.48 bits per heavy atom. The molecule has 0 aromatic heterocycles. The topological polar surface area (TPSA) is 58.6 Å². The predicted molar refractivity (Wildman–Crippen MR) is 130 cm³/mol. The Hall–Kier alpha value is -2.82. The summed E-state index contributed by atoms with van der Waals surface area (Å²) in [6.07, 6.45) is 5.19. The molecule has 1 saturated carbocycles. The molecule has 0 spiro atoms. The molecule has 1 N–H and O–H groups in total. The molecule has 176 valence electrons. The molecule has 33 heavy (non-hydrogen) atoms. The molecule has 1 heterocycles. The lowest BCUT2D eigenvalue weighted by Crippen LogP contribution is -2.43. The molecule has 1 fully saturated rings. The van der Waals surface area contributed by atoms with Crippen LogP contribution in [0.2, 0.25) is 0 Å². The van der Waals surface area contributed by atoms with Crippen molar-refractivity contribution in [1.82, 2.24) is 10.2 Å². The Bertz CT molecular complexity index is 979. The number of likely N-dealkylation sites (N-methyl/N-ethyl adjacent to an activating group) is 1. The summed E-state index contributed by atoms with van der Waals surface area (Å²) in [7, 11) is 0. The van der Waals surface area contributed by atoms with Crippen LogP contribution in [0.5, 0.6) is 5.75 Å². The minimum absolute atomic E-state index is 0.0918. The van der Waals surface area contributed by atoms with E-state index in [1.54, 1.807) is 0 Å². The molecule has 2 aliphatic rings. The number of nitrogens with one attached hydrogen (secondary N) is 1. The van der Waals surface area contributed by atoms with Crippen molar-refractivity contribution >= 4 is 11.8 Å². The zero-order chi connectivity index (χ0) is 23.4. The van der Waals surface area contributed by atoms with Crippen LogP contribution in [0.15, 0.2) is 42.5 Å². The lowest BCUT2D eigenvalue weighted by atomic mass is 9.86. The van der Waals surface area contributed by atoms with Gasteiger partial charge in [-0.05, 0) is 68.4 Å². The van der Waals surface area contributed by atoms with E-state index < -0.39 is 6.10 Å². The molecule has 1 aliphatic carbocycles. The molecule has 0 radical (unpaired) electrons. The summed E-state index contributed by atoms with van der Waals surface area (Å²) in [5.74, 6) is 1.01. The van der Waals surface area contributed by atoms with E-state index in [-0.39, 0.29) is 23.8 Å². The van der Waals surface area contributed by atoms with Gasteiger partial charge in [-0.3, -0.25) is 9.59 Å². The Balaban J connectivity index is 1.69. The average molecular weight is 449 g/mol. The van der Waals surface area contributed by atoms with E-state index in [1.165, 1.54) is 11.1 Å². The average Bonchev–Trinajstić information content (AvgIpc) is 3.37. The number of nitrogens with zero attached hydrogens (tertiary/aromatic N) is 1. The Labute approximate surface area is 197 Å². The van der Waals surface area contributed by atoms with Crippen LogP contribution in [0, 0.1) is 12.8 Å². The van der Waals surface area contributed by atoms with Gasteiger partial charge in [0.2, 0.25) is 5.91 Å². The van der Waals surface area contributed by atoms with Crippen LogP contribution in [-0.4, -0.2) is 35.9 Å². The van der Waals surface area contributed by atoms with Crippen LogP contribution in [0.25, 0.3) is 0 Å². The Morgan fingerprint density at radius 1 is 1.09 bits per heavy atom. The van der Waals surface area contributed by atoms with Crippen molar-refractivity contribution in [1.29, 1.82) is 0 Å². The molecule has 0 saturated heterocycles. The van der Waals surface area contributed by atoms with Crippen LogP contribution in [0.4, 0.5) is 0 Å². The molecule has 1 aliphatic heterocycles. The first-order valence-corrected chi connectivity index (χ1v) is 12.5. The van der Waals surface area contributed by atoms with Gasteiger partial charge in [0.05, 0.1) is 6.04 Å². The summed E-state index contributed by atoms with van der Waals surface area (Å²) in [5.41, 5.74) is 4.68. The van der Waals surface area contributed by atoms with Crippen LogP contribution in [0.1, 0.15) is 74.2 Å². The van der Waals surface area contributed by atoms with Crippen LogP contribution in [-0.2, 0) is 16.0 Å². The zero-order valence-electron chi connectivity index (χ0n) is 20.1. The molecule has 0 bridgehead atoms. The van der Waals surface area contributed by atoms with Crippen LogP contribution < -0.4 is 10.1 Å². The first kappa shape index (κ1) is 23.3. The highest BCUT2D eigenvalue weighted by atomic mass is 16.5. The molecule has 2 amide bonds. The summed E-state index contributed by atoms with van der Waals surface area (Å²) in [6.45, 7) is 7.26. The third-order valence-electron chi connectivity index (χ3n) is 7.02. The molecule has 2 aromatic carbocycles. The third-order valence-corrected chi connectivity index (χ3v) is 7.02. The van der Waals surface area contributed by atoms with Crippen molar-refractivity contribution in [3.8, 4) is 5.75 Å². The lowest BCUT2D eigenvalue weighted by Gasteiger charge is -2.39. The van der Waals surface area contributed by atoms with E-state index in [0.717, 1.165) is 49.8 Å².